The Labute approximate surface area is 186 Å². The third-order valence-corrected chi connectivity index (χ3v) is 6.32. The maximum Gasteiger partial charge on any atom is 0.271 e. The van der Waals surface area contributed by atoms with Crippen molar-refractivity contribution >= 4 is 46.2 Å². The predicted octanol–water partition coefficient (Wildman–Crippen LogP) is 6.08. The Morgan fingerprint density at radius 1 is 0.871 bits per heavy atom. The molecule has 0 aliphatic carbocycles. The fourth-order valence-corrected chi connectivity index (χ4v) is 4.78. The Kier molecular flexibility index (Phi) is 5.63. The van der Waals surface area contributed by atoms with Crippen molar-refractivity contribution in [1.82, 2.24) is 0 Å². The number of nitrogens with zero attached hydrogens (tertiary/aromatic N) is 3. The smallest absolute Gasteiger partial charge is 0.271 e. The summed E-state index contributed by atoms with van der Waals surface area (Å²) in [6.07, 6.45) is 5.48. The van der Waals surface area contributed by atoms with Crippen molar-refractivity contribution < 1.29 is 9.21 Å². The van der Waals surface area contributed by atoms with Gasteiger partial charge in [-0.2, -0.15) is 0 Å². The van der Waals surface area contributed by atoms with Gasteiger partial charge in [0.15, 0.2) is 11.1 Å². The number of carbonyl (C=O) groups is 1. The first kappa shape index (κ1) is 19.7. The van der Waals surface area contributed by atoms with E-state index < -0.39 is 0 Å². The van der Waals surface area contributed by atoms with E-state index in [-0.39, 0.29) is 5.91 Å². The van der Waals surface area contributed by atoms with Gasteiger partial charge in [-0.25, -0.2) is 4.99 Å². The molecule has 1 aromatic heterocycles. The fourth-order valence-electron chi connectivity index (χ4n) is 3.80. The first-order valence-electron chi connectivity index (χ1n) is 10.6. The molecular weight excluding hydrogens is 406 g/mol. The van der Waals surface area contributed by atoms with Crippen molar-refractivity contribution in [1.29, 1.82) is 0 Å². The van der Waals surface area contributed by atoms with E-state index in [1.807, 2.05) is 78.9 Å². The van der Waals surface area contributed by atoms with Crippen LogP contribution in [0, 0.1) is 0 Å². The predicted molar refractivity (Wildman–Crippen MR) is 128 cm³/mol. The van der Waals surface area contributed by atoms with E-state index in [0.717, 1.165) is 30.3 Å². The monoisotopic (exact) mass is 429 g/mol. The average Bonchev–Trinajstić information content (AvgIpc) is 3.40. The van der Waals surface area contributed by atoms with Gasteiger partial charge in [0.25, 0.3) is 5.91 Å². The Bertz CT molecular complexity index is 1120. The fraction of sp³-hybridized carbons (Fsp3) is 0.200. The molecule has 156 valence electrons. The normalized spacial score (nSPS) is 19.5. The van der Waals surface area contributed by atoms with E-state index in [9.17, 15) is 4.79 Å². The number of anilines is 2. The van der Waals surface area contributed by atoms with E-state index in [0.29, 0.717) is 15.8 Å². The molecule has 6 heteroatoms. The molecule has 3 aromatic rings. The van der Waals surface area contributed by atoms with Crippen LogP contribution in [0.2, 0.25) is 0 Å². The SMILES string of the molecule is O=C1/C(=C/c2ccc(N3CCCCC3)o2)SC(=Nc2ccccc2)N1c1ccccc1. The topological polar surface area (TPSA) is 49.1 Å². The molecule has 2 aliphatic rings. The standard InChI is InChI=1S/C25H23N3O2S/c29-24-22(18-21-14-15-23(30-21)27-16-8-3-9-17-27)31-25(26-19-10-4-1-5-11-19)28(24)20-12-6-2-7-13-20/h1-2,4-7,10-15,18H,3,8-9,16-17H2/b22-18-,26-25?. The number of amidine groups is 1. The quantitative estimate of drug-likeness (QED) is 0.472. The highest BCUT2D eigenvalue weighted by molar-refractivity contribution is 8.19. The summed E-state index contributed by atoms with van der Waals surface area (Å²) in [5.74, 6) is 1.47. The lowest BCUT2D eigenvalue weighted by Gasteiger charge is -2.25. The number of hydrogen-bond acceptors (Lipinski definition) is 5. The molecule has 0 N–H and O–H groups in total. The number of benzene rings is 2. The number of rotatable bonds is 4. The highest BCUT2D eigenvalue weighted by atomic mass is 32.2. The largest absolute Gasteiger partial charge is 0.441 e. The molecule has 3 heterocycles. The Morgan fingerprint density at radius 2 is 1.58 bits per heavy atom. The third kappa shape index (κ3) is 4.30. The van der Waals surface area contributed by atoms with Crippen LogP contribution in [0.1, 0.15) is 25.0 Å². The number of hydrogen-bond donors (Lipinski definition) is 0. The van der Waals surface area contributed by atoms with Crippen molar-refractivity contribution in [3.8, 4) is 0 Å². The van der Waals surface area contributed by atoms with Crippen LogP contribution < -0.4 is 9.80 Å². The molecule has 1 amide bonds. The highest BCUT2D eigenvalue weighted by Crippen LogP contribution is 2.37. The van der Waals surface area contributed by atoms with Crippen LogP contribution >= 0.6 is 11.8 Å². The van der Waals surface area contributed by atoms with E-state index in [2.05, 4.69) is 4.90 Å². The van der Waals surface area contributed by atoms with Crippen LogP contribution in [0.25, 0.3) is 6.08 Å². The van der Waals surface area contributed by atoms with Gasteiger partial charge in [-0.15, -0.1) is 0 Å². The van der Waals surface area contributed by atoms with Gasteiger partial charge in [-0.05, 0) is 61.4 Å². The minimum Gasteiger partial charge on any atom is -0.441 e. The van der Waals surface area contributed by atoms with Gasteiger partial charge < -0.3 is 9.32 Å². The molecule has 2 saturated heterocycles. The molecule has 2 aliphatic heterocycles. The van der Waals surface area contributed by atoms with E-state index in [4.69, 9.17) is 9.41 Å². The molecule has 5 nitrogen and oxygen atoms in total. The van der Waals surface area contributed by atoms with Gasteiger partial charge >= 0.3 is 0 Å². The Hall–Kier alpha value is -3.25. The summed E-state index contributed by atoms with van der Waals surface area (Å²) >= 11 is 1.37. The van der Waals surface area contributed by atoms with Gasteiger partial charge in [0.1, 0.15) is 5.76 Å². The van der Waals surface area contributed by atoms with E-state index in [1.165, 1.54) is 31.0 Å². The molecule has 2 fully saturated rings. The lowest BCUT2D eigenvalue weighted by Crippen LogP contribution is -2.28. The number of para-hydroxylation sites is 2. The molecule has 5 rings (SSSR count). The zero-order valence-corrected chi connectivity index (χ0v) is 17.9. The Balaban J connectivity index is 1.46. The van der Waals surface area contributed by atoms with Crippen LogP contribution in [0.4, 0.5) is 17.3 Å². The molecule has 0 spiro atoms. The summed E-state index contributed by atoms with van der Waals surface area (Å²) in [4.78, 5) is 22.6. The molecule has 0 unspecified atom stereocenters. The number of piperidine rings is 1. The van der Waals surface area contributed by atoms with Gasteiger partial charge in [-0.3, -0.25) is 9.69 Å². The maximum atomic E-state index is 13.3. The minimum absolute atomic E-state index is 0.0956. The maximum absolute atomic E-state index is 13.3. The van der Waals surface area contributed by atoms with Gasteiger partial charge in [0.05, 0.1) is 16.3 Å². The summed E-state index contributed by atoms with van der Waals surface area (Å²) in [6, 6.07) is 23.2. The van der Waals surface area contributed by atoms with Gasteiger partial charge in [0.2, 0.25) is 0 Å². The molecule has 31 heavy (non-hydrogen) atoms. The number of thioether (sulfide) groups is 1. The van der Waals surface area contributed by atoms with Crippen molar-refractivity contribution in [2.45, 2.75) is 19.3 Å². The molecular formula is C25H23N3O2S. The van der Waals surface area contributed by atoms with E-state index in [1.54, 1.807) is 4.90 Å². The number of carbonyl (C=O) groups excluding carboxylic acids is 1. The van der Waals surface area contributed by atoms with Gasteiger partial charge in [0, 0.05) is 25.2 Å². The summed E-state index contributed by atoms with van der Waals surface area (Å²) in [6.45, 7) is 2.04. The summed E-state index contributed by atoms with van der Waals surface area (Å²) in [5.41, 5.74) is 1.61. The molecule has 2 aromatic carbocycles. The lowest BCUT2D eigenvalue weighted by molar-refractivity contribution is -0.113. The van der Waals surface area contributed by atoms with Crippen LogP contribution in [0.5, 0.6) is 0 Å². The van der Waals surface area contributed by atoms with Crippen molar-refractivity contribution in [2.24, 2.45) is 4.99 Å². The molecule has 0 bridgehead atoms. The van der Waals surface area contributed by atoms with Crippen molar-refractivity contribution in [3.63, 3.8) is 0 Å². The van der Waals surface area contributed by atoms with Crippen LogP contribution in [-0.4, -0.2) is 24.2 Å². The first-order chi connectivity index (χ1) is 15.3. The van der Waals surface area contributed by atoms with Crippen molar-refractivity contribution in [2.75, 3.05) is 22.9 Å². The average molecular weight is 430 g/mol. The number of aliphatic imine (C=N–C) groups is 1. The zero-order valence-electron chi connectivity index (χ0n) is 17.1. The third-order valence-electron chi connectivity index (χ3n) is 5.36. The second-order valence-corrected chi connectivity index (χ2v) is 8.55. The molecule has 0 saturated carbocycles. The van der Waals surface area contributed by atoms with Crippen LogP contribution in [0.15, 0.2) is 87.1 Å². The highest BCUT2D eigenvalue weighted by Gasteiger charge is 2.35. The summed E-state index contributed by atoms with van der Waals surface area (Å²) in [5, 5.41) is 0.636. The summed E-state index contributed by atoms with van der Waals surface area (Å²) in [7, 11) is 0. The Morgan fingerprint density at radius 3 is 2.32 bits per heavy atom. The van der Waals surface area contributed by atoms with Crippen LogP contribution in [0.3, 0.4) is 0 Å². The lowest BCUT2D eigenvalue weighted by atomic mass is 10.1. The van der Waals surface area contributed by atoms with E-state index >= 15 is 0 Å². The molecule has 0 atom stereocenters. The second kappa shape index (κ2) is 8.86. The summed E-state index contributed by atoms with van der Waals surface area (Å²) < 4.78 is 6.05. The van der Waals surface area contributed by atoms with Gasteiger partial charge in [-0.1, -0.05) is 36.4 Å². The zero-order chi connectivity index (χ0) is 21.0. The van der Waals surface area contributed by atoms with Crippen molar-refractivity contribution in [3.05, 3.63) is 83.5 Å². The first-order valence-corrected chi connectivity index (χ1v) is 11.4. The number of furan rings is 1. The number of amides is 1. The molecule has 0 radical (unpaired) electrons. The minimum atomic E-state index is -0.0956. The van der Waals surface area contributed by atoms with Crippen LogP contribution in [-0.2, 0) is 4.79 Å². The second-order valence-electron chi connectivity index (χ2n) is 7.54.